The van der Waals surface area contributed by atoms with Crippen molar-refractivity contribution in [3.05, 3.63) is 77.9 Å². The van der Waals surface area contributed by atoms with Gasteiger partial charge in [-0.05, 0) is 74.1 Å². The number of benzene rings is 3. The third kappa shape index (κ3) is 4.69. The van der Waals surface area contributed by atoms with Crippen LogP contribution >= 0.6 is 0 Å². The number of anilines is 1. The highest BCUT2D eigenvalue weighted by Crippen LogP contribution is 2.38. The summed E-state index contributed by atoms with van der Waals surface area (Å²) in [7, 11) is 0. The van der Waals surface area contributed by atoms with E-state index in [9.17, 15) is 9.90 Å². The topological polar surface area (TPSA) is 43.8 Å². The second kappa shape index (κ2) is 10.2. The van der Waals surface area contributed by atoms with Gasteiger partial charge in [0.25, 0.3) is 5.91 Å². The maximum atomic E-state index is 12.9. The third-order valence-corrected chi connectivity index (χ3v) is 7.88. The summed E-state index contributed by atoms with van der Waals surface area (Å²) in [5.74, 6) is 0.616. The van der Waals surface area contributed by atoms with E-state index in [4.69, 9.17) is 0 Å². The van der Waals surface area contributed by atoms with Gasteiger partial charge < -0.3 is 14.9 Å². The molecule has 5 rings (SSSR count). The van der Waals surface area contributed by atoms with E-state index >= 15 is 0 Å². The number of hydrogen-bond donors (Lipinski definition) is 1. The Hall–Kier alpha value is -2.85. The number of carbonyl (C=O) groups is 1. The second-order valence-electron chi connectivity index (χ2n) is 9.95. The first-order valence-electron chi connectivity index (χ1n) is 13.0. The fraction of sp³-hybridized carbons (Fsp3) is 0.433. The lowest BCUT2D eigenvalue weighted by molar-refractivity contribution is 0.0546. The summed E-state index contributed by atoms with van der Waals surface area (Å²) in [6.45, 7) is 4.56. The smallest absolute Gasteiger partial charge is 0.253 e. The number of aliphatic hydroxyl groups is 1. The summed E-state index contributed by atoms with van der Waals surface area (Å²) in [4.78, 5) is 17.4. The van der Waals surface area contributed by atoms with Crippen LogP contribution in [0, 0.1) is 0 Å². The van der Waals surface area contributed by atoms with Crippen molar-refractivity contribution in [3.63, 3.8) is 0 Å². The highest BCUT2D eigenvalue weighted by molar-refractivity contribution is 5.95. The van der Waals surface area contributed by atoms with Crippen molar-refractivity contribution < 1.29 is 9.90 Å². The first kappa shape index (κ1) is 22.9. The molecule has 1 aliphatic heterocycles. The van der Waals surface area contributed by atoms with E-state index in [1.807, 2.05) is 17.0 Å². The molecule has 0 radical (unpaired) electrons. The maximum absolute atomic E-state index is 12.9. The number of hydrogen-bond acceptors (Lipinski definition) is 3. The van der Waals surface area contributed by atoms with Gasteiger partial charge in [-0.2, -0.15) is 0 Å². The molecule has 1 saturated carbocycles. The summed E-state index contributed by atoms with van der Waals surface area (Å²) < 4.78 is 0. The average Bonchev–Trinajstić information content (AvgIpc) is 2.90. The van der Waals surface area contributed by atoms with E-state index in [2.05, 4.69) is 66.4 Å². The number of aliphatic hydroxyl groups excluding tert-OH is 1. The number of fused-ring (bicyclic) bond motifs is 1. The first-order valence-corrected chi connectivity index (χ1v) is 13.0. The fourth-order valence-corrected chi connectivity index (χ4v) is 5.98. The van der Waals surface area contributed by atoms with Crippen molar-refractivity contribution in [2.45, 2.75) is 63.5 Å². The molecule has 1 heterocycles. The molecule has 4 nitrogen and oxygen atoms in total. The monoisotopic (exact) mass is 456 g/mol. The molecule has 1 N–H and O–H groups in total. The van der Waals surface area contributed by atoms with E-state index in [0.717, 1.165) is 18.5 Å². The SMILES string of the molecule is CCN(c1cccc2ccccc12)C1CCCC(c2ccc(C(=O)N3CCC(O)CC3)cc2)C1. The Bertz CT molecular complexity index is 1110. The molecule has 34 heavy (non-hydrogen) atoms. The van der Waals surface area contributed by atoms with E-state index in [-0.39, 0.29) is 12.0 Å². The van der Waals surface area contributed by atoms with E-state index < -0.39 is 0 Å². The Labute approximate surface area is 203 Å². The Morgan fingerprint density at radius 2 is 1.68 bits per heavy atom. The quantitative estimate of drug-likeness (QED) is 0.513. The number of piperidine rings is 1. The number of carbonyl (C=O) groups excluding carboxylic acids is 1. The second-order valence-corrected chi connectivity index (χ2v) is 9.95. The Morgan fingerprint density at radius 1 is 0.941 bits per heavy atom. The van der Waals surface area contributed by atoms with Crippen LogP contribution < -0.4 is 4.90 Å². The third-order valence-electron chi connectivity index (χ3n) is 7.88. The van der Waals surface area contributed by atoms with Gasteiger partial charge in [0.2, 0.25) is 0 Å². The molecule has 0 aromatic heterocycles. The van der Waals surface area contributed by atoms with Crippen molar-refractivity contribution >= 4 is 22.4 Å². The molecule has 3 aromatic rings. The molecular weight excluding hydrogens is 420 g/mol. The lowest BCUT2D eigenvalue weighted by Gasteiger charge is -2.39. The van der Waals surface area contributed by atoms with Crippen molar-refractivity contribution in [2.75, 3.05) is 24.5 Å². The van der Waals surface area contributed by atoms with Gasteiger partial charge in [-0.3, -0.25) is 4.79 Å². The normalized spacial score (nSPS) is 21.5. The molecule has 0 spiro atoms. The van der Waals surface area contributed by atoms with Gasteiger partial charge in [0.1, 0.15) is 0 Å². The van der Waals surface area contributed by atoms with Gasteiger partial charge in [0, 0.05) is 42.3 Å². The summed E-state index contributed by atoms with van der Waals surface area (Å²) in [5, 5.41) is 12.4. The van der Waals surface area contributed by atoms with E-state index in [1.165, 1.54) is 41.3 Å². The van der Waals surface area contributed by atoms with Gasteiger partial charge in [-0.15, -0.1) is 0 Å². The van der Waals surface area contributed by atoms with E-state index in [1.54, 1.807) is 0 Å². The molecule has 4 heteroatoms. The molecule has 2 fully saturated rings. The number of rotatable bonds is 5. The van der Waals surface area contributed by atoms with Gasteiger partial charge in [-0.1, -0.05) is 55.0 Å². The van der Waals surface area contributed by atoms with Crippen LogP contribution in [0.3, 0.4) is 0 Å². The van der Waals surface area contributed by atoms with Gasteiger partial charge in [-0.25, -0.2) is 0 Å². The molecule has 1 aliphatic carbocycles. The van der Waals surface area contributed by atoms with Crippen molar-refractivity contribution in [1.82, 2.24) is 4.90 Å². The number of amides is 1. The van der Waals surface area contributed by atoms with Crippen LogP contribution in [0.4, 0.5) is 5.69 Å². The fourth-order valence-electron chi connectivity index (χ4n) is 5.98. The summed E-state index contributed by atoms with van der Waals surface area (Å²) >= 11 is 0. The zero-order valence-corrected chi connectivity index (χ0v) is 20.2. The Balaban J connectivity index is 1.30. The first-order chi connectivity index (χ1) is 16.6. The number of nitrogens with zero attached hydrogens (tertiary/aromatic N) is 2. The summed E-state index contributed by atoms with van der Waals surface area (Å²) in [6.07, 6.45) is 5.91. The van der Waals surface area contributed by atoms with Crippen LogP contribution in [0.25, 0.3) is 10.8 Å². The molecule has 2 aliphatic rings. The molecule has 1 amide bonds. The van der Waals surface area contributed by atoms with Crippen molar-refractivity contribution in [2.24, 2.45) is 0 Å². The molecule has 2 unspecified atom stereocenters. The molecular formula is C30H36N2O2. The minimum Gasteiger partial charge on any atom is -0.393 e. The largest absolute Gasteiger partial charge is 0.393 e. The van der Waals surface area contributed by atoms with Crippen LogP contribution in [-0.2, 0) is 0 Å². The molecule has 178 valence electrons. The molecule has 0 bridgehead atoms. The van der Waals surface area contributed by atoms with Crippen molar-refractivity contribution in [3.8, 4) is 0 Å². The highest BCUT2D eigenvalue weighted by atomic mass is 16.3. The van der Waals surface area contributed by atoms with Crippen molar-refractivity contribution in [1.29, 1.82) is 0 Å². The minimum atomic E-state index is -0.262. The van der Waals surface area contributed by atoms with Crippen LogP contribution in [0.15, 0.2) is 66.7 Å². The molecule has 3 aromatic carbocycles. The highest BCUT2D eigenvalue weighted by Gasteiger charge is 2.28. The zero-order valence-electron chi connectivity index (χ0n) is 20.2. The molecule has 1 saturated heterocycles. The maximum Gasteiger partial charge on any atom is 0.253 e. The van der Waals surface area contributed by atoms with Crippen LogP contribution in [0.2, 0.25) is 0 Å². The van der Waals surface area contributed by atoms with Crippen LogP contribution in [0.5, 0.6) is 0 Å². The minimum absolute atomic E-state index is 0.0908. The number of likely N-dealkylation sites (tertiary alicyclic amines) is 1. The standard InChI is InChI=1S/C30H36N2O2/c1-2-32(29-12-6-8-23-7-3-4-11-28(23)29)26-10-5-9-25(21-26)22-13-15-24(16-14-22)30(34)31-19-17-27(33)18-20-31/h3-4,6-8,11-16,25-27,33H,2,5,9-10,17-21H2,1H3. The van der Waals surface area contributed by atoms with Crippen LogP contribution in [-0.4, -0.2) is 47.7 Å². The zero-order chi connectivity index (χ0) is 23.5. The van der Waals surface area contributed by atoms with Gasteiger partial charge in [0.05, 0.1) is 6.10 Å². The summed E-state index contributed by atoms with van der Waals surface area (Å²) in [5.41, 5.74) is 3.46. The molecule has 2 atom stereocenters. The predicted molar refractivity (Wildman–Crippen MR) is 140 cm³/mol. The van der Waals surface area contributed by atoms with Gasteiger partial charge in [0.15, 0.2) is 0 Å². The van der Waals surface area contributed by atoms with Gasteiger partial charge >= 0.3 is 0 Å². The average molecular weight is 457 g/mol. The van der Waals surface area contributed by atoms with E-state index in [0.29, 0.717) is 37.9 Å². The van der Waals surface area contributed by atoms with Crippen LogP contribution in [0.1, 0.15) is 67.3 Å². The Kier molecular flexibility index (Phi) is 6.87. The summed E-state index contributed by atoms with van der Waals surface area (Å²) in [6, 6.07) is 24.2. The Morgan fingerprint density at radius 3 is 2.44 bits per heavy atom. The lowest BCUT2D eigenvalue weighted by atomic mass is 9.80. The predicted octanol–water partition coefficient (Wildman–Crippen LogP) is 5.99. The lowest BCUT2D eigenvalue weighted by Crippen LogP contribution is -2.40.